The summed E-state index contributed by atoms with van der Waals surface area (Å²) in [5, 5.41) is 11.1. The van der Waals surface area contributed by atoms with Gasteiger partial charge in [-0.2, -0.15) is 0 Å². The SMILES string of the molecule is Cc1cc(C(=O)NC(CC(N)=O)C(=O)O)ccc1N. The minimum absolute atomic E-state index is 0.266. The largest absolute Gasteiger partial charge is 0.480 e. The van der Waals surface area contributed by atoms with Gasteiger partial charge in [-0.25, -0.2) is 4.79 Å². The Labute approximate surface area is 109 Å². The number of amides is 2. The molecule has 0 aromatic heterocycles. The number of carboxylic acids is 1. The van der Waals surface area contributed by atoms with E-state index in [9.17, 15) is 14.4 Å². The first-order valence-corrected chi connectivity index (χ1v) is 5.49. The monoisotopic (exact) mass is 265 g/mol. The number of nitrogen functional groups attached to an aromatic ring is 1. The van der Waals surface area contributed by atoms with Gasteiger partial charge in [-0.1, -0.05) is 0 Å². The molecule has 1 atom stereocenters. The van der Waals surface area contributed by atoms with Crippen LogP contribution in [0.15, 0.2) is 18.2 Å². The summed E-state index contributed by atoms with van der Waals surface area (Å²) in [6, 6.07) is 3.21. The zero-order valence-corrected chi connectivity index (χ0v) is 10.3. The number of carbonyl (C=O) groups excluding carboxylic acids is 2. The summed E-state index contributed by atoms with van der Waals surface area (Å²) >= 11 is 0. The highest BCUT2D eigenvalue weighted by molar-refractivity contribution is 5.98. The first-order chi connectivity index (χ1) is 8.81. The highest BCUT2D eigenvalue weighted by Crippen LogP contribution is 2.12. The van der Waals surface area contributed by atoms with Crippen LogP contribution in [0.5, 0.6) is 0 Å². The highest BCUT2D eigenvalue weighted by Gasteiger charge is 2.22. The van der Waals surface area contributed by atoms with Crippen molar-refractivity contribution in [2.24, 2.45) is 5.73 Å². The molecule has 0 aliphatic rings. The molecule has 0 fully saturated rings. The van der Waals surface area contributed by atoms with Crippen LogP contribution in [-0.2, 0) is 9.59 Å². The molecule has 0 aliphatic carbocycles. The Kier molecular flexibility index (Phi) is 4.46. The maximum atomic E-state index is 11.8. The lowest BCUT2D eigenvalue weighted by Gasteiger charge is -2.13. The van der Waals surface area contributed by atoms with Crippen molar-refractivity contribution in [3.8, 4) is 0 Å². The number of anilines is 1. The molecule has 2 amide bonds. The van der Waals surface area contributed by atoms with Gasteiger partial charge in [-0.05, 0) is 30.7 Å². The Hall–Kier alpha value is -2.57. The number of primary amides is 1. The summed E-state index contributed by atoms with van der Waals surface area (Å²) in [4.78, 5) is 33.4. The zero-order chi connectivity index (χ0) is 14.6. The first kappa shape index (κ1) is 14.5. The van der Waals surface area contributed by atoms with E-state index >= 15 is 0 Å². The van der Waals surface area contributed by atoms with Crippen LogP contribution < -0.4 is 16.8 Å². The van der Waals surface area contributed by atoms with Crippen molar-refractivity contribution in [2.45, 2.75) is 19.4 Å². The van der Waals surface area contributed by atoms with E-state index < -0.39 is 30.2 Å². The molecule has 0 heterocycles. The number of carbonyl (C=O) groups is 3. The number of hydrogen-bond donors (Lipinski definition) is 4. The van der Waals surface area contributed by atoms with Crippen LogP contribution in [0, 0.1) is 6.92 Å². The number of benzene rings is 1. The molecule has 0 bridgehead atoms. The minimum atomic E-state index is -1.34. The quantitative estimate of drug-likeness (QED) is 0.539. The van der Waals surface area contributed by atoms with Crippen LogP contribution in [0.3, 0.4) is 0 Å². The van der Waals surface area contributed by atoms with Gasteiger partial charge in [0.2, 0.25) is 5.91 Å². The molecule has 1 aromatic carbocycles. The summed E-state index contributed by atoms with van der Waals surface area (Å²) in [6.45, 7) is 1.73. The van der Waals surface area contributed by atoms with E-state index in [1.165, 1.54) is 12.1 Å². The third kappa shape index (κ3) is 3.98. The Morgan fingerprint density at radius 3 is 2.47 bits per heavy atom. The number of aryl methyl sites for hydroxylation is 1. The maximum absolute atomic E-state index is 11.8. The van der Waals surface area contributed by atoms with Gasteiger partial charge < -0.3 is 21.9 Å². The smallest absolute Gasteiger partial charge is 0.326 e. The Bertz CT molecular complexity index is 528. The molecule has 1 aromatic rings. The summed E-state index contributed by atoms with van der Waals surface area (Å²) in [6.07, 6.45) is -0.463. The molecular formula is C12H15N3O4. The van der Waals surface area contributed by atoms with Crippen LogP contribution in [0.25, 0.3) is 0 Å². The molecule has 7 heteroatoms. The number of hydrogen-bond acceptors (Lipinski definition) is 4. The Morgan fingerprint density at radius 1 is 1.37 bits per heavy atom. The standard InChI is InChI=1S/C12H15N3O4/c1-6-4-7(2-3-8(6)13)11(17)15-9(12(18)19)5-10(14)16/h2-4,9H,5,13H2,1H3,(H2,14,16)(H,15,17)(H,18,19). The topological polar surface area (TPSA) is 136 Å². The Morgan fingerprint density at radius 2 is 2.00 bits per heavy atom. The third-order valence-electron chi connectivity index (χ3n) is 2.54. The van der Waals surface area contributed by atoms with E-state index in [1.807, 2.05) is 0 Å². The third-order valence-corrected chi connectivity index (χ3v) is 2.54. The number of rotatable bonds is 5. The van der Waals surface area contributed by atoms with Crippen molar-refractivity contribution in [3.05, 3.63) is 29.3 Å². The average Bonchev–Trinajstić information content (AvgIpc) is 2.31. The minimum Gasteiger partial charge on any atom is -0.480 e. The molecule has 1 unspecified atom stereocenters. The number of aliphatic carboxylic acids is 1. The van der Waals surface area contributed by atoms with Crippen LogP contribution >= 0.6 is 0 Å². The fraction of sp³-hybridized carbons (Fsp3) is 0.250. The van der Waals surface area contributed by atoms with Crippen molar-refractivity contribution in [1.29, 1.82) is 0 Å². The summed E-state index contributed by atoms with van der Waals surface area (Å²) in [7, 11) is 0. The summed E-state index contributed by atoms with van der Waals surface area (Å²) in [5.74, 6) is -2.72. The molecule has 102 valence electrons. The molecule has 0 spiro atoms. The van der Waals surface area contributed by atoms with Gasteiger partial charge in [0.1, 0.15) is 6.04 Å². The predicted octanol–water partition coefficient (Wildman–Crippen LogP) is -0.364. The van der Waals surface area contributed by atoms with Crippen LogP contribution in [-0.4, -0.2) is 28.9 Å². The number of carboxylic acid groups (broad SMARTS) is 1. The predicted molar refractivity (Wildman–Crippen MR) is 68.3 cm³/mol. The van der Waals surface area contributed by atoms with E-state index in [0.29, 0.717) is 11.3 Å². The van der Waals surface area contributed by atoms with Gasteiger partial charge >= 0.3 is 5.97 Å². The molecule has 0 saturated heterocycles. The van der Waals surface area contributed by atoms with E-state index in [4.69, 9.17) is 16.6 Å². The lowest BCUT2D eigenvalue weighted by atomic mass is 10.1. The molecule has 0 aliphatic heterocycles. The lowest BCUT2D eigenvalue weighted by molar-refractivity contribution is -0.140. The van der Waals surface area contributed by atoms with Gasteiger partial charge in [0, 0.05) is 11.3 Å². The van der Waals surface area contributed by atoms with E-state index in [1.54, 1.807) is 13.0 Å². The van der Waals surface area contributed by atoms with Gasteiger partial charge in [0.05, 0.1) is 6.42 Å². The van der Waals surface area contributed by atoms with E-state index in [2.05, 4.69) is 5.32 Å². The normalized spacial score (nSPS) is 11.6. The second-order valence-electron chi connectivity index (χ2n) is 4.11. The zero-order valence-electron chi connectivity index (χ0n) is 10.3. The second-order valence-corrected chi connectivity index (χ2v) is 4.11. The van der Waals surface area contributed by atoms with Crippen molar-refractivity contribution in [1.82, 2.24) is 5.32 Å². The summed E-state index contributed by atoms with van der Waals surface area (Å²) in [5.41, 5.74) is 12.0. The van der Waals surface area contributed by atoms with Crippen molar-refractivity contribution in [3.63, 3.8) is 0 Å². The van der Waals surface area contributed by atoms with Crippen molar-refractivity contribution >= 4 is 23.5 Å². The van der Waals surface area contributed by atoms with Crippen molar-refractivity contribution < 1.29 is 19.5 Å². The van der Waals surface area contributed by atoms with Crippen LogP contribution in [0.2, 0.25) is 0 Å². The number of nitrogens with one attached hydrogen (secondary N) is 1. The molecular weight excluding hydrogens is 250 g/mol. The van der Waals surface area contributed by atoms with E-state index in [-0.39, 0.29) is 5.56 Å². The summed E-state index contributed by atoms with van der Waals surface area (Å²) < 4.78 is 0. The average molecular weight is 265 g/mol. The highest BCUT2D eigenvalue weighted by atomic mass is 16.4. The van der Waals surface area contributed by atoms with Crippen LogP contribution in [0.1, 0.15) is 22.3 Å². The van der Waals surface area contributed by atoms with Gasteiger partial charge in [-0.15, -0.1) is 0 Å². The van der Waals surface area contributed by atoms with Crippen molar-refractivity contribution in [2.75, 3.05) is 5.73 Å². The van der Waals surface area contributed by atoms with E-state index in [0.717, 1.165) is 0 Å². The van der Waals surface area contributed by atoms with Gasteiger partial charge in [0.25, 0.3) is 5.91 Å². The van der Waals surface area contributed by atoms with Crippen LogP contribution in [0.4, 0.5) is 5.69 Å². The fourth-order valence-electron chi connectivity index (χ4n) is 1.46. The molecule has 0 radical (unpaired) electrons. The number of nitrogens with two attached hydrogens (primary N) is 2. The first-order valence-electron chi connectivity index (χ1n) is 5.49. The fourth-order valence-corrected chi connectivity index (χ4v) is 1.46. The lowest BCUT2D eigenvalue weighted by Crippen LogP contribution is -2.43. The molecule has 19 heavy (non-hydrogen) atoms. The molecule has 6 N–H and O–H groups in total. The molecule has 0 saturated carbocycles. The van der Waals surface area contributed by atoms with Gasteiger partial charge in [-0.3, -0.25) is 9.59 Å². The second kappa shape index (κ2) is 5.85. The molecule has 1 rings (SSSR count). The molecule has 7 nitrogen and oxygen atoms in total. The Balaban J connectivity index is 2.84. The van der Waals surface area contributed by atoms with Gasteiger partial charge in [0.15, 0.2) is 0 Å². The maximum Gasteiger partial charge on any atom is 0.326 e.